The first-order chi connectivity index (χ1) is 9.15. The largest absolute Gasteiger partial charge is 0.458 e. The molecule has 0 saturated heterocycles. The van der Waals surface area contributed by atoms with Gasteiger partial charge >= 0.3 is 0 Å². The van der Waals surface area contributed by atoms with Crippen molar-refractivity contribution in [3.05, 3.63) is 71.2 Å². The molecule has 3 rings (SSSR count). The highest BCUT2D eigenvalue weighted by Crippen LogP contribution is 2.29. The first-order valence-corrected chi connectivity index (χ1v) is 6.08. The summed E-state index contributed by atoms with van der Waals surface area (Å²) in [4.78, 5) is 0. The predicted octanol–water partition coefficient (Wildman–Crippen LogP) is 3.96. The Balaban J connectivity index is 2.04. The van der Waals surface area contributed by atoms with Crippen molar-refractivity contribution in [1.29, 1.82) is 0 Å². The smallest absolute Gasteiger partial charge is 0.138 e. The lowest BCUT2D eigenvalue weighted by Crippen LogP contribution is -1.97. The van der Waals surface area contributed by atoms with Crippen LogP contribution < -0.4 is 0 Å². The van der Waals surface area contributed by atoms with E-state index >= 15 is 0 Å². The molecule has 0 aliphatic carbocycles. The number of para-hydroxylation sites is 1. The lowest BCUT2D eigenvalue weighted by Gasteiger charge is -2.07. The zero-order chi connectivity index (χ0) is 13.4. The molecular formula is C16H13FO2. The Labute approximate surface area is 110 Å². The number of hydrogen-bond donors (Lipinski definition) is 1. The zero-order valence-electron chi connectivity index (χ0n) is 10.4. The van der Waals surface area contributed by atoms with Crippen LogP contribution in [0.25, 0.3) is 11.0 Å². The number of aliphatic hydroxyl groups excluding tert-OH is 1. The van der Waals surface area contributed by atoms with Gasteiger partial charge in [-0.3, -0.25) is 0 Å². The number of fused-ring (bicyclic) bond motifs is 1. The highest BCUT2D eigenvalue weighted by atomic mass is 19.1. The SMILES string of the molecule is Cc1cccc2cc(C(O)c3ccc(F)cc3)oc12. The van der Waals surface area contributed by atoms with Crippen LogP contribution in [-0.4, -0.2) is 5.11 Å². The average Bonchev–Trinajstić information content (AvgIpc) is 2.84. The van der Waals surface area contributed by atoms with Crippen LogP contribution in [0.4, 0.5) is 4.39 Å². The van der Waals surface area contributed by atoms with Crippen LogP contribution in [-0.2, 0) is 0 Å². The van der Waals surface area contributed by atoms with Gasteiger partial charge in [-0.05, 0) is 36.2 Å². The summed E-state index contributed by atoms with van der Waals surface area (Å²) in [5.74, 6) is 0.146. The Morgan fingerprint density at radius 3 is 2.53 bits per heavy atom. The first kappa shape index (κ1) is 11.9. The van der Waals surface area contributed by atoms with Gasteiger partial charge in [0.15, 0.2) is 0 Å². The minimum absolute atomic E-state index is 0.323. The van der Waals surface area contributed by atoms with Crippen LogP contribution in [0.15, 0.2) is 52.9 Å². The zero-order valence-corrected chi connectivity index (χ0v) is 10.4. The fourth-order valence-electron chi connectivity index (χ4n) is 2.17. The van der Waals surface area contributed by atoms with Crippen LogP contribution in [0.5, 0.6) is 0 Å². The summed E-state index contributed by atoms with van der Waals surface area (Å²) in [5.41, 5.74) is 2.41. The maximum atomic E-state index is 12.9. The Morgan fingerprint density at radius 2 is 1.84 bits per heavy atom. The number of aryl methyl sites for hydroxylation is 1. The molecule has 0 aliphatic heterocycles. The molecule has 19 heavy (non-hydrogen) atoms. The van der Waals surface area contributed by atoms with Gasteiger partial charge in [-0.2, -0.15) is 0 Å². The van der Waals surface area contributed by atoms with E-state index in [0.717, 1.165) is 16.5 Å². The van der Waals surface area contributed by atoms with E-state index in [1.165, 1.54) is 12.1 Å². The Kier molecular flexibility index (Phi) is 2.84. The molecule has 1 unspecified atom stereocenters. The second-order valence-electron chi connectivity index (χ2n) is 4.60. The number of furan rings is 1. The first-order valence-electron chi connectivity index (χ1n) is 6.08. The molecule has 2 nitrogen and oxygen atoms in total. The van der Waals surface area contributed by atoms with E-state index in [-0.39, 0.29) is 5.82 Å². The quantitative estimate of drug-likeness (QED) is 0.752. The van der Waals surface area contributed by atoms with Crippen LogP contribution in [0.1, 0.15) is 23.0 Å². The van der Waals surface area contributed by atoms with Crippen molar-refractivity contribution in [2.75, 3.05) is 0 Å². The molecule has 2 aromatic carbocycles. The molecule has 1 atom stereocenters. The number of halogens is 1. The number of aliphatic hydroxyl groups is 1. The summed E-state index contributed by atoms with van der Waals surface area (Å²) in [6, 6.07) is 13.4. The topological polar surface area (TPSA) is 33.4 Å². The van der Waals surface area contributed by atoms with Crippen LogP contribution in [0.2, 0.25) is 0 Å². The third-order valence-corrected chi connectivity index (χ3v) is 3.22. The molecule has 0 saturated carbocycles. The Bertz CT molecular complexity index is 713. The Hall–Kier alpha value is -2.13. The van der Waals surface area contributed by atoms with Crippen molar-refractivity contribution in [1.82, 2.24) is 0 Å². The molecular weight excluding hydrogens is 243 g/mol. The van der Waals surface area contributed by atoms with Crippen molar-refractivity contribution in [2.45, 2.75) is 13.0 Å². The van der Waals surface area contributed by atoms with Crippen LogP contribution in [0, 0.1) is 12.7 Å². The molecule has 1 aromatic heterocycles. The van der Waals surface area contributed by atoms with Crippen LogP contribution >= 0.6 is 0 Å². The minimum atomic E-state index is -0.882. The van der Waals surface area contributed by atoms with E-state index in [2.05, 4.69) is 0 Å². The lowest BCUT2D eigenvalue weighted by molar-refractivity contribution is 0.192. The summed E-state index contributed by atoms with van der Waals surface area (Å²) < 4.78 is 18.6. The van der Waals surface area contributed by atoms with E-state index in [4.69, 9.17) is 4.42 Å². The average molecular weight is 256 g/mol. The van der Waals surface area contributed by atoms with Gasteiger partial charge in [0.05, 0.1) is 0 Å². The minimum Gasteiger partial charge on any atom is -0.458 e. The summed E-state index contributed by atoms with van der Waals surface area (Å²) in [6.07, 6.45) is -0.882. The number of hydrogen-bond acceptors (Lipinski definition) is 2. The van der Waals surface area contributed by atoms with Gasteiger partial charge in [-0.15, -0.1) is 0 Å². The summed E-state index contributed by atoms with van der Waals surface area (Å²) in [5, 5.41) is 11.2. The van der Waals surface area contributed by atoms with Crippen molar-refractivity contribution in [3.8, 4) is 0 Å². The molecule has 0 amide bonds. The number of benzene rings is 2. The van der Waals surface area contributed by atoms with Gasteiger partial charge in [0.2, 0.25) is 0 Å². The standard InChI is InChI=1S/C16H13FO2/c1-10-3-2-4-12-9-14(19-16(10)12)15(18)11-5-7-13(17)8-6-11/h2-9,15,18H,1H3. The van der Waals surface area contributed by atoms with Gasteiger partial charge in [0.1, 0.15) is 23.3 Å². The summed E-state index contributed by atoms with van der Waals surface area (Å²) in [6.45, 7) is 1.96. The highest BCUT2D eigenvalue weighted by molar-refractivity contribution is 5.81. The van der Waals surface area contributed by atoms with Gasteiger partial charge < -0.3 is 9.52 Å². The predicted molar refractivity (Wildman–Crippen MR) is 71.4 cm³/mol. The van der Waals surface area contributed by atoms with E-state index in [1.54, 1.807) is 12.1 Å². The fourth-order valence-corrected chi connectivity index (χ4v) is 2.17. The third-order valence-electron chi connectivity index (χ3n) is 3.22. The van der Waals surface area contributed by atoms with Crippen LogP contribution in [0.3, 0.4) is 0 Å². The maximum Gasteiger partial charge on any atom is 0.138 e. The van der Waals surface area contributed by atoms with Gasteiger partial charge in [-0.25, -0.2) is 4.39 Å². The second-order valence-corrected chi connectivity index (χ2v) is 4.60. The highest BCUT2D eigenvalue weighted by Gasteiger charge is 2.16. The van der Waals surface area contributed by atoms with Gasteiger partial charge in [0, 0.05) is 5.39 Å². The lowest BCUT2D eigenvalue weighted by atomic mass is 10.1. The summed E-state index contributed by atoms with van der Waals surface area (Å²) >= 11 is 0. The molecule has 0 fully saturated rings. The molecule has 3 heteroatoms. The van der Waals surface area contributed by atoms with Gasteiger partial charge in [-0.1, -0.05) is 30.3 Å². The fraction of sp³-hybridized carbons (Fsp3) is 0.125. The van der Waals surface area contributed by atoms with Crippen molar-refractivity contribution < 1.29 is 13.9 Å². The molecule has 1 N–H and O–H groups in total. The van der Waals surface area contributed by atoms with Crippen molar-refractivity contribution >= 4 is 11.0 Å². The van der Waals surface area contributed by atoms with Crippen molar-refractivity contribution in [3.63, 3.8) is 0 Å². The molecule has 3 aromatic rings. The molecule has 0 radical (unpaired) electrons. The normalized spacial score (nSPS) is 12.8. The van der Waals surface area contributed by atoms with E-state index in [1.807, 2.05) is 31.2 Å². The monoisotopic (exact) mass is 256 g/mol. The molecule has 0 bridgehead atoms. The molecule has 96 valence electrons. The van der Waals surface area contributed by atoms with Crippen molar-refractivity contribution in [2.24, 2.45) is 0 Å². The van der Waals surface area contributed by atoms with Gasteiger partial charge in [0.25, 0.3) is 0 Å². The second kappa shape index (κ2) is 4.52. The van der Waals surface area contributed by atoms with E-state index in [0.29, 0.717) is 11.3 Å². The maximum absolute atomic E-state index is 12.9. The Morgan fingerprint density at radius 1 is 1.11 bits per heavy atom. The number of rotatable bonds is 2. The molecule has 0 aliphatic rings. The third kappa shape index (κ3) is 2.13. The summed E-state index contributed by atoms with van der Waals surface area (Å²) in [7, 11) is 0. The van der Waals surface area contributed by atoms with E-state index < -0.39 is 6.10 Å². The van der Waals surface area contributed by atoms with E-state index in [9.17, 15) is 9.50 Å². The molecule has 0 spiro atoms. The molecule has 1 heterocycles.